The molecule has 4 saturated carbocycles. The lowest BCUT2D eigenvalue weighted by molar-refractivity contribution is -0.123. The van der Waals surface area contributed by atoms with E-state index in [4.69, 9.17) is 0 Å². The van der Waals surface area contributed by atoms with Crippen molar-refractivity contribution in [1.82, 2.24) is 58.7 Å². The summed E-state index contributed by atoms with van der Waals surface area (Å²) in [5.74, 6) is -0.644. The zero-order valence-corrected chi connectivity index (χ0v) is 78.4. The maximum Gasteiger partial charge on any atom is 0.239 e. The molecule has 8 aliphatic heterocycles. The van der Waals surface area contributed by atoms with E-state index in [2.05, 4.69) is 71.2 Å². The van der Waals surface area contributed by atoms with E-state index in [0.29, 0.717) is 46.4 Å². The molecule has 24 rings (SSSR count). The van der Waals surface area contributed by atoms with Gasteiger partial charge in [-0.1, -0.05) is 180 Å². The Labute approximate surface area is 788 Å². The average Bonchev–Trinajstić information content (AvgIpc) is 1.58. The van der Waals surface area contributed by atoms with Crippen LogP contribution in [0.15, 0.2) is 213 Å². The van der Waals surface area contributed by atoms with Gasteiger partial charge in [0, 0.05) is 170 Å². The van der Waals surface area contributed by atoms with Crippen LogP contribution in [0.1, 0.15) is 192 Å². The van der Waals surface area contributed by atoms with Gasteiger partial charge >= 0.3 is 0 Å². The highest BCUT2D eigenvalue weighted by Gasteiger charge is 2.60. The molecule has 4 aliphatic carbocycles. The molecule has 4 spiro atoms. The number of rotatable bonds is 18. The molecule has 4 saturated heterocycles. The van der Waals surface area contributed by atoms with Crippen LogP contribution in [0, 0.1) is 30.2 Å². The fourth-order valence-electron chi connectivity index (χ4n) is 25.3. The molecule has 4 aromatic heterocycles. The molecule has 698 valence electrons. The number of fused-ring (bicyclic) bond motifs is 8. The molecular formula is C111H122F4N16O4. The van der Waals surface area contributed by atoms with Crippen LogP contribution in [0.4, 0.5) is 40.3 Å². The number of anilines is 4. The van der Waals surface area contributed by atoms with Crippen LogP contribution in [-0.2, 0) is 94.7 Å². The second kappa shape index (κ2) is 36.9. The number of amides is 4. The van der Waals surface area contributed by atoms with Crippen LogP contribution >= 0.6 is 0 Å². The molecule has 4 unspecified atom stereocenters. The zero-order valence-electron chi connectivity index (χ0n) is 78.4. The first-order valence-electron chi connectivity index (χ1n) is 49.4. The Hall–Kier alpha value is -12.0. The summed E-state index contributed by atoms with van der Waals surface area (Å²) < 4.78 is 68.0. The molecule has 4 amide bonds. The van der Waals surface area contributed by atoms with E-state index in [1.54, 1.807) is 69.0 Å². The van der Waals surface area contributed by atoms with Crippen molar-refractivity contribution in [1.29, 1.82) is 0 Å². The van der Waals surface area contributed by atoms with E-state index >= 15 is 17.6 Å². The lowest BCUT2D eigenvalue weighted by Crippen LogP contribution is -2.43. The van der Waals surface area contributed by atoms with Gasteiger partial charge in [-0.2, -0.15) is 20.4 Å². The van der Waals surface area contributed by atoms with Crippen LogP contribution in [-0.4, -0.2) is 159 Å². The van der Waals surface area contributed by atoms with Crippen molar-refractivity contribution in [2.24, 2.45) is 21.1 Å². The Bertz CT molecular complexity index is 6280. The van der Waals surface area contributed by atoms with E-state index in [-0.39, 0.29) is 73.1 Å². The Morgan fingerprint density at radius 3 is 0.889 bits per heavy atom. The number of para-hydroxylation sites is 4. The number of likely N-dealkylation sites (tertiary alicyclic amines) is 4. The molecule has 24 heteroatoms. The van der Waals surface area contributed by atoms with Crippen LogP contribution < -0.4 is 19.6 Å². The first-order valence-corrected chi connectivity index (χ1v) is 49.4. The van der Waals surface area contributed by atoms with E-state index < -0.39 is 21.7 Å². The number of aryl methyl sites for hydroxylation is 5. The van der Waals surface area contributed by atoms with Gasteiger partial charge in [0.15, 0.2) is 0 Å². The van der Waals surface area contributed by atoms with Crippen molar-refractivity contribution >= 4 is 46.4 Å². The first kappa shape index (κ1) is 89.6. The summed E-state index contributed by atoms with van der Waals surface area (Å²) >= 11 is 0. The molecule has 8 aromatic carbocycles. The van der Waals surface area contributed by atoms with Gasteiger partial charge in [0.1, 0.15) is 23.3 Å². The molecule has 12 aliphatic rings. The maximum absolute atomic E-state index is 15.3. The summed E-state index contributed by atoms with van der Waals surface area (Å²) in [6.45, 7) is 12.9. The molecule has 0 N–H and O–H groups in total. The SMILES string of the molecule is CCCn1cc(-c2ccc(CN3C(=O)C4(CCN(C5CCCC5)C4)c4ccccc43)c(F)c2)cn1.Cc1nn(C)cc1-c1ccc(CN2C(=O)C3(CCN(C4CCCC4)C3)c3ccccc32)c(F)c1.Cn1cc(-c2ccc(CN3C(=O)C4(CCN(C5CCCC5)C4)c4ccccc43)c(F)c2)cn1.Cn1cc(-c2ccc(CN3C(=O)C4(CCN(C5CCCC5)C4)c4ccccc43)c(F)c2)cn1. The normalized spacial score (nSPS) is 23.0. The molecular weight excluding hydrogens is 1700 g/mol. The zero-order chi connectivity index (χ0) is 92.6. The van der Waals surface area contributed by atoms with E-state index in [1.807, 2.05) is 186 Å². The third-order valence-corrected chi connectivity index (χ3v) is 32.4. The van der Waals surface area contributed by atoms with Crippen LogP contribution in [0.5, 0.6) is 0 Å². The Morgan fingerprint density at radius 2 is 0.615 bits per heavy atom. The van der Waals surface area contributed by atoms with Gasteiger partial charge in [0.25, 0.3) is 0 Å². The fraction of sp³-hybridized carbons (Fsp3) is 0.423. The second-order valence-corrected chi connectivity index (χ2v) is 40.4. The number of halogens is 4. The van der Waals surface area contributed by atoms with Crippen molar-refractivity contribution in [2.45, 2.75) is 227 Å². The smallest absolute Gasteiger partial charge is 0.239 e. The van der Waals surface area contributed by atoms with Crippen molar-refractivity contribution < 1.29 is 36.7 Å². The molecule has 8 fully saturated rings. The van der Waals surface area contributed by atoms with Gasteiger partial charge in [-0.3, -0.25) is 57.5 Å². The average molecular weight is 1820 g/mol. The highest BCUT2D eigenvalue weighted by atomic mass is 19.1. The van der Waals surface area contributed by atoms with E-state index in [1.165, 1.54) is 103 Å². The Morgan fingerprint density at radius 1 is 0.333 bits per heavy atom. The van der Waals surface area contributed by atoms with Gasteiger partial charge in [-0.05, 0) is 210 Å². The van der Waals surface area contributed by atoms with Gasteiger partial charge < -0.3 is 19.6 Å². The molecule has 0 bridgehead atoms. The quantitative estimate of drug-likeness (QED) is 0.0748. The third kappa shape index (κ3) is 16.5. The molecule has 12 heterocycles. The number of carbonyl (C=O) groups excluding carboxylic acids is 4. The number of carbonyl (C=O) groups is 4. The number of aromatic nitrogens is 8. The summed E-state index contributed by atoms with van der Waals surface area (Å²) in [4.78, 5) is 73.2. The summed E-state index contributed by atoms with van der Waals surface area (Å²) in [6, 6.07) is 56.1. The van der Waals surface area contributed by atoms with E-state index in [9.17, 15) is 19.2 Å². The largest absolute Gasteiger partial charge is 0.307 e. The topological polar surface area (TPSA) is 165 Å². The van der Waals surface area contributed by atoms with Gasteiger partial charge in [0.05, 0.1) is 72.1 Å². The Kier molecular flexibility index (Phi) is 24.5. The van der Waals surface area contributed by atoms with Crippen LogP contribution in [0.25, 0.3) is 44.5 Å². The number of hydrogen-bond donors (Lipinski definition) is 0. The molecule has 135 heavy (non-hydrogen) atoms. The summed E-state index contributed by atoms with van der Waals surface area (Å²) in [5.41, 5.74) is 16.0. The van der Waals surface area contributed by atoms with Crippen molar-refractivity contribution in [3.05, 3.63) is 287 Å². The predicted molar refractivity (Wildman–Crippen MR) is 519 cm³/mol. The standard InChI is InChI=1S/C29H33FN4O.C28H31FN4O.2C27H29FN4O/c1-2-14-33-18-23(17-31-33)21-11-12-22(26(30)16-21)19-34-27-10-6-5-9-25(27)29(28(34)35)13-15-32(20-29)24-7-3-4-8-24;1-19-23(17-31(2)30-19)20-11-12-21(25(29)15-20)16-33-26-10-6-5-9-24(26)28(27(33)34)13-14-32(18-28)22-7-3-4-8-22;2*1-30-16-21(15-29-30)19-10-11-20(24(28)14-19)17-32-25-9-5-4-8-23(25)27(26(32)33)12-13-31(18-27)22-6-2-3-7-22/h5-6,9-12,16-18,24H,2-4,7-8,13-15,19-20H2,1H3;5-6,9-12,15,17,22H,3-4,7-8,13-14,16,18H2,1-2H3;2*4-5,8-11,14-16,22H,2-3,6-7,12-13,17-18H2,1H3. The van der Waals surface area contributed by atoms with Crippen molar-refractivity contribution in [3.8, 4) is 44.5 Å². The number of benzene rings is 8. The van der Waals surface area contributed by atoms with E-state index in [0.717, 1.165) is 186 Å². The number of hydrogen-bond acceptors (Lipinski definition) is 12. The maximum atomic E-state index is 15.3. The van der Waals surface area contributed by atoms with Crippen molar-refractivity contribution in [2.75, 3.05) is 72.0 Å². The molecule has 12 aromatic rings. The lowest BCUT2D eigenvalue weighted by atomic mass is 9.81. The first-order chi connectivity index (χ1) is 65.6. The second-order valence-electron chi connectivity index (χ2n) is 40.4. The predicted octanol–water partition coefficient (Wildman–Crippen LogP) is 19.8. The van der Waals surface area contributed by atoms with Gasteiger partial charge in [0.2, 0.25) is 23.6 Å². The molecule has 0 radical (unpaired) electrons. The monoisotopic (exact) mass is 1820 g/mol. The molecule has 4 atom stereocenters. The van der Waals surface area contributed by atoms with Gasteiger partial charge in [-0.25, -0.2) is 17.6 Å². The highest BCUT2D eigenvalue weighted by molar-refractivity contribution is 6.11. The molecule has 20 nitrogen and oxygen atoms in total. The number of nitrogens with zero attached hydrogens (tertiary/aromatic N) is 16. The minimum Gasteiger partial charge on any atom is -0.307 e. The Balaban J connectivity index is 0.000000108. The summed E-state index contributed by atoms with van der Waals surface area (Å²) in [7, 11) is 5.55. The van der Waals surface area contributed by atoms with Crippen LogP contribution in [0.3, 0.4) is 0 Å². The lowest BCUT2D eigenvalue weighted by Gasteiger charge is -2.27. The minimum absolute atomic E-state index is 0.125. The minimum atomic E-state index is -0.498. The van der Waals surface area contributed by atoms with Crippen LogP contribution in [0.2, 0.25) is 0 Å². The summed E-state index contributed by atoms with van der Waals surface area (Å²) in [6.07, 6.45) is 37.5. The van der Waals surface area contributed by atoms with Crippen molar-refractivity contribution in [3.63, 3.8) is 0 Å². The summed E-state index contributed by atoms with van der Waals surface area (Å²) in [5, 5.41) is 17.1. The van der Waals surface area contributed by atoms with Gasteiger partial charge in [-0.15, -0.1) is 0 Å². The highest BCUT2D eigenvalue weighted by Crippen LogP contribution is 2.55. The fourth-order valence-corrected chi connectivity index (χ4v) is 25.3. The third-order valence-electron chi connectivity index (χ3n) is 32.4.